The van der Waals surface area contributed by atoms with Crippen molar-refractivity contribution in [3.8, 4) is 0 Å². The molecule has 2 rings (SSSR count). The van der Waals surface area contributed by atoms with E-state index in [4.69, 9.17) is 0 Å². The number of rotatable bonds is 3. The zero-order chi connectivity index (χ0) is 14.0. The third kappa shape index (κ3) is 3.78. The van der Waals surface area contributed by atoms with Crippen LogP contribution in [0.3, 0.4) is 0 Å². The lowest BCUT2D eigenvalue weighted by atomic mass is 9.76. The van der Waals surface area contributed by atoms with Crippen LogP contribution in [0.15, 0.2) is 18.2 Å². The van der Waals surface area contributed by atoms with Crippen molar-refractivity contribution in [1.29, 1.82) is 0 Å². The van der Waals surface area contributed by atoms with Gasteiger partial charge in [-0.15, -0.1) is 0 Å². The van der Waals surface area contributed by atoms with E-state index in [0.717, 1.165) is 18.7 Å². The first-order chi connectivity index (χ1) is 8.95. The molecule has 5 heteroatoms. The average Bonchev–Trinajstić information content (AvgIpc) is 2.30. The van der Waals surface area contributed by atoms with Crippen LogP contribution in [0, 0.1) is 17.7 Å². The zero-order valence-electron chi connectivity index (χ0n) is 11.5. The molecule has 0 aliphatic carbocycles. The molecule has 19 heavy (non-hydrogen) atoms. The van der Waals surface area contributed by atoms with Crippen LogP contribution in [0.1, 0.15) is 25.8 Å². The van der Waals surface area contributed by atoms with E-state index in [1.165, 1.54) is 18.6 Å². The number of likely N-dealkylation sites (tertiary alicyclic amines) is 1. The summed E-state index contributed by atoms with van der Waals surface area (Å²) in [5.74, 6) is 0.852. The van der Waals surface area contributed by atoms with E-state index in [9.17, 15) is 14.4 Å². The molecular formula is C14H21BFNO2. The number of benzene rings is 1. The van der Waals surface area contributed by atoms with Crippen LogP contribution in [0.5, 0.6) is 0 Å². The highest BCUT2D eigenvalue weighted by molar-refractivity contribution is 6.59. The predicted octanol–water partition coefficient (Wildman–Crippen LogP) is 0.983. The smallest absolute Gasteiger partial charge is 0.423 e. The first-order valence-electron chi connectivity index (χ1n) is 6.82. The first kappa shape index (κ1) is 14.5. The van der Waals surface area contributed by atoms with Crippen molar-refractivity contribution in [3.63, 3.8) is 0 Å². The highest BCUT2D eigenvalue weighted by Crippen LogP contribution is 2.22. The second-order valence-electron chi connectivity index (χ2n) is 5.86. The minimum absolute atomic E-state index is 0.269. The third-order valence-electron chi connectivity index (χ3n) is 3.72. The van der Waals surface area contributed by atoms with Crippen LogP contribution in [0.4, 0.5) is 4.39 Å². The maximum atomic E-state index is 13.2. The normalized spacial score (nSPS) is 24.5. The van der Waals surface area contributed by atoms with Crippen molar-refractivity contribution in [3.05, 3.63) is 29.6 Å². The van der Waals surface area contributed by atoms with Crippen LogP contribution in [0.25, 0.3) is 0 Å². The Morgan fingerprint density at radius 3 is 2.47 bits per heavy atom. The van der Waals surface area contributed by atoms with Crippen LogP contribution >= 0.6 is 0 Å². The molecule has 1 aromatic rings. The van der Waals surface area contributed by atoms with Crippen molar-refractivity contribution in [2.45, 2.75) is 26.8 Å². The van der Waals surface area contributed by atoms with E-state index in [1.807, 2.05) is 0 Å². The summed E-state index contributed by atoms with van der Waals surface area (Å²) in [6, 6.07) is 4.23. The monoisotopic (exact) mass is 265 g/mol. The maximum Gasteiger partial charge on any atom is 0.488 e. The third-order valence-corrected chi connectivity index (χ3v) is 3.72. The van der Waals surface area contributed by atoms with Gasteiger partial charge in [0.2, 0.25) is 0 Å². The molecule has 1 aliphatic heterocycles. The number of hydrogen-bond acceptors (Lipinski definition) is 3. The number of nitrogens with zero attached hydrogens (tertiary/aromatic N) is 1. The highest BCUT2D eigenvalue weighted by Gasteiger charge is 2.24. The van der Waals surface area contributed by atoms with Crippen molar-refractivity contribution in [1.82, 2.24) is 4.90 Å². The van der Waals surface area contributed by atoms with E-state index < -0.39 is 12.9 Å². The van der Waals surface area contributed by atoms with Gasteiger partial charge in [0.15, 0.2) is 0 Å². The van der Waals surface area contributed by atoms with Gasteiger partial charge in [0.1, 0.15) is 5.82 Å². The summed E-state index contributed by atoms with van der Waals surface area (Å²) in [6.07, 6.45) is 1.23. The Morgan fingerprint density at radius 1 is 1.26 bits per heavy atom. The molecule has 2 N–H and O–H groups in total. The van der Waals surface area contributed by atoms with Crippen LogP contribution < -0.4 is 5.46 Å². The van der Waals surface area contributed by atoms with Gasteiger partial charge >= 0.3 is 7.12 Å². The quantitative estimate of drug-likeness (QED) is 0.801. The molecule has 104 valence electrons. The molecule has 0 radical (unpaired) electrons. The Morgan fingerprint density at radius 2 is 1.89 bits per heavy atom. The second kappa shape index (κ2) is 6.03. The molecule has 2 atom stereocenters. The minimum Gasteiger partial charge on any atom is -0.423 e. The molecule has 1 saturated heterocycles. The zero-order valence-corrected chi connectivity index (χ0v) is 11.5. The molecular weight excluding hydrogens is 244 g/mol. The fraction of sp³-hybridized carbons (Fsp3) is 0.571. The van der Waals surface area contributed by atoms with Crippen molar-refractivity contribution in [2.24, 2.45) is 11.8 Å². The lowest BCUT2D eigenvalue weighted by Crippen LogP contribution is -2.41. The Hall–Kier alpha value is -0.905. The van der Waals surface area contributed by atoms with Crippen molar-refractivity contribution in [2.75, 3.05) is 13.1 Å². The predicted molar refractivity (Wildman–Crippen MR) is 74.4 cm³/mol. The molecule has 0 aromatic heterocycles. The summed E-state index contributed by atoms with van der Waals surface area (Å²) in [7, 11) is -1.62. The lowest BCUT2D eigenvalue weighted by Gasteiger charge is -2.35. The van der Waals surface area contributed by atoms with Gasteiger partial charge in [-0.3, -0.25) is 4.90 Å². The summed E-state index contributed by atoms with van der Waals surface area (Å²) in [4.78, 5) is 2.30. The molecule has 0 spiro atoms. The number of hydrogen-bond donors (Lipinski definition) is 2. The van der Waals surface area contributed by atoms with Crippen LogP contribution in [-0.2, 0) is 6.54 Å². The molecule has 0 saturated carbocycles. The average molecular weight is 265 g/mol. The highest BCUT2D eigenvalue weighted by atomic mass is 19.1. The summed E-state index contributed by atoms with van der Waals surface area (Å²) in [6.45, 7) is 7.11. The van der Waals surface area contributed by atoms with E-state index in [1.54, 1.807) is 6.07 Å². The Kier molecular flexibility index (Phi) is 4.60. The largest absolute Gasteiger partial charge is 0.488 e. The molecule has 1 aromatic carbocycles. The van der Waals surface area contributed by atoms with Gasteiger partial charge in [-0.1, -0.05) is 19.9 Å². The summed E-state index contributed by atoms with van der Waals surface area (Å²) in [5.41, 5.74) is 1.06. The molecule has 0 bridgehead atoms. The van der Waals surface area contributed by atoms with Gasteiger partial charge < -0.3 is 10.0 Å². The standard InChI is InChI=1S/C14H21BFNO2/c1-10-5-11(2)8-17(7-10)9-12-3-4-13(16)6-14(12)15(18)19/h3-4,6,10-11,18-19H,5,7-9H2,1-2H3. The van der Waals surface area contributed by atoms with Crippen LogP contribution in [0.2, 0.25) is 0 Å². The van der Waals surface area contributed by atoms with Crippen LogP contribution in [-0.4, -0.2) is 35.2 Å². The van der Waals surface area contributed by atoms with E-state index in [0.29, 0.717) is 18.4 Å². The SMILES string of the molecule is CC1CC(C)CN(Cc2ccc(F)cc2B(O)O)C1. The molecule has 3 nitrogen and oxygen atoms in total. The van der Waals surface area contributed by atoms with Gasteiger partial charge in [0, 0.05) is 19.6 Å². The molecule has 0 amide bonds. The fourth-order valence-corrected chi connectivity index (χ4v) is 3.11. The second-order valence-corrected chi connectivity index (χ2v) is 5.86. The molecule has 1 aliphatic rings. The molecule has 1 heterocycles. The molecule has 2 unspecified atom stereocenters. The fourth-order valence-electron chi connectivity index (χ4n) is 3.11. The van der Waals surface area contributed by atoms with Gasteiger partial charge in [-0.05, 0) is 41.4 Å². The van der Waals surface area contributed by atoms with E-state index >= 15 is 0 Å². The van der Waals surface area contributed by atoms with Crippen molar-refractivity contribution >= 4 is 12.6 Å². The molecule has 1 fully saturated rings. The summed E-state index contributed by atoms with van der Waals surface area (Å²) in [5, 5.41) is 18.7. The van der Waals surface area contributed by atoms with Gasteiger partial charge in [-0.2, -0.15) is 0 Å². The minimum atomic E-state index is -1.62. The maximum absolute atomic E-state index is 13.2. The van der Waals surface area contributed by atoms with Crippen molar-refractivity contribution < 1.29 is 14.4 Å². The summed E-state index contributed by atoms with van der Waals surface area (Å²) < 4.78 is 13.2. The number of halogens is 1. The van der Waals surface area contributed by atoms with Gasteiger partial charge in [0.25, 0.3) is 0 Å². The topological polar surface area (TPSA) is 43.7 Å². The number of piperidine rings is 1. The Bertz CT molecular complexity index is 431. The Balaban J connectivity index is 2.14. The van der Waals surface area contributed by atoms with E-state index in [2.05, 4.69) is 18.7 Å². The summed E-state index contributed by atoms with van der Waals surface area (Å²) >= 11 is 0. The lowest BCUT2D eigenvalue weighted by molar-refractivity contribution is 0.134. The Labute approximate surface area is 114 Å². The van der Waals surface area contributed by atoms with Gasteiger partial charge in [-0.25, -0.2) is 4.39 Å². The van der Waals surface area contributed by atoms with E-state index in [-0.39, 0.29) is 5.46 Å². The van der Waals surface area contributed by atoms with Gasteiger partial charge in [0.05, 0.1) is 0 Å². The first-order valence-corrected chi connectivity index (χ1v) is 6.82.